The van der Waals surface area contributed by atoms with E-state index in [1.807, 2.05) is 19.9 Å². The molecular formula is C15H22O2. The highest BCUT2D eigenvalue weighted by molar-refractivity contribution is 5.78. The predicted molar refractivity (Wildman–Crippen MR) is 74.9 cm³/mol. The van der Waals surface area contributed by atoms with E-state index < -0.39 is 0 Å². The minimum absolute atomic E-state index is 0.651. The third-order valence-electron chi connectivity index (χ3n) is 1.86. The van der Waals surface area contributed by atoms with Crippen LogP contribution in [0.25, 0.3) is 0 Å². The van der Waals surface area contributed by atoms with Crippen LogP contribution in [-0.4, -0.2) is 13.4 Å². The van der Waals surface area contributed by atoms with E-state index in [0.29, 0.717) is 12.0 Å². The van der Waals surface area contributed by atoms with Crippen molar-refractivity contribution in [2.24, 2.45) is 0 Å². The van der Waals surface area contributed by atoms with Crippen molar-refractivity contribution in [1.29, 1.82) is 0 Å². The van der Waals surface area contributed by atoms with Crippen molar-refractivity contribution in [3.05, 3.63) is 55.1 Å². The first kappa shape index (κ1) is 17.6. The van der Waals surface area contributed by atoms with Gasteiger partial charge in [0.15, 0.2) is 0 Å². The highest BCUT2D eigenvalue weighted by Crippen LogP contribution is 2.21. The molecule has 0 amide bonds. The number of hydrogen-bond acceptors (Lipinski definition) is 2. The van der Waals surface area contributed by atoms with Gasteiger partial charge in [-0.2, -0.15) is 0 Å². The molecule has 0 atom stereocenters. The van der Waals surface area contributed by atoms with E-state index >= 15 is 0 Å². The molecule has 0 aliphatic heterocycles. The van der Waals surface area contributed by atoms with Crippen molar-refractivity contribution in [2.75, 3.05) is 7.11 Å². The van der Waals surface area contributed by atoms with Crippen LogP contribution in [0.5, 0.6) is 5.75 Å². The van der Waals surface area contributed by atoms with Crippen LogP contribution in [0.3, 0.4) is 0 Å². The molecule has 0 bridgehead atoms. The van der Waals surface area contributed by atoms with Crippen molar-refractivity contribution in [1.82, 2.24) is 0 Å². The van der Waals surface area contributed by atoms with Crippen molar-refractivity contribution in [2.45, 2.75) is 20.3 Å². The Labute approximate surface area is 105 Å². The second-order valence-corrected chi connectivity index (χ2v) is 2.64. The number of rotatable bonds is 4. The highest BCUT2D eigenvalue weighted by Gasteiger charge is 2.05. The molecule has 1 aromatic carbocycles. The van der Waals surface area contributed by atoms with Crippen LogP contribution in [0.15, 0.2) is 44.0 Å². The van der Waals surface area contributed by atoms with E-state index in [1.54, 1.807) is 25.3 Å². The van der Waals surface area contributed by atoms with Crippen molar-refractivity contribution in [3.63, 3.8) is 0 Å². The van der Waals surface area contributed by atoms with Gasteiger partial charge in [0.25, 0.3) is 0 Å². The van der Waals surface area contributed by atoms with Gasteiger partial charge in [-0.05, 0) is 12.5 Å². The van der Waals surface area contributed by atoms with Crippen LogP contribution in [0.1, 0.15) is 29.8 Å². The molecule has 94 valence electrons. The van der Waals surface area contributed by atoms with Gasteiger partial charge in [0.05, 0.1) is 7.11 Å². The Morgan fingerprint density at radius 3 is 2.29 bits per heavy atom. The SMILES string of the molecule is C=C.C=CCc1c(C=O)cccc1OC.CC. The Bertz CT molecular complexity index is 330. The van der Waals surface area contributed by atoms with Gasteiger partial charge in [0.2, 0.25) is 0 Å². The Morgan fingerprint density at radius 2 is 1.88 bits per heavy atom. The molecule has 2 nitrogen and oxygen atoms in total. The molecule has 0 saturated heterocycles. The average molecular weight is 234 g/mol. The van der Waals surface area contributed by atoms with E-state index in [1.165, 1.54) is 0 Å². The first-order valence-electron chi connectivity index (χ1n) is 5.55. The molecule has 1 aromatic rings. The molecule has 0 aliphatic rings. The quantitative estimate of drug-likeness (QED) is 0.580. The zero-order valence-corrected chi connectivity index (χ0v) is 11.0. The largest absolute Gasteiger partial charge is 0.496 e. The summed E-state index contributed by atoms with van der Waals surface area (Å²) in [4.78, 5) is 10.7. The lowest BCUT2D eigenvalue weighted by molar-refractivity contribution is 0.112. The van der Waals surface area contributed by atoms with Gasteiger partial charge < -0.3 is 4.74 Å². The second kappa shape index (κ2) is 12.2. The topological polar surface area (TPSA) is 26.3 Å². The summed E-state index contributed by atoms with van der Waals surface area (Å²) in [6.07, 6.45) is 3.24. The molecule has 0 radical (unpaired) electrons. The fourth-order valence-electron chi connectivity index (χ4n) is 1.25. The number of benzene rings is 1. The Morgan fingerprint density at radius 1 is 1.29 bits per heavy atom. The van der Waals surface area contributed by atoms with Crippen LogP contribution < -0.4 is 4.74 Å². The molecule has 0 saturated carbocycles. The van der Waals surface area contributed by atoms with E-state index in [0.717, 1.165) is 17.6 Å². The lowest BCUT2D eigenvalue weighted by atomic mass is 10.0. The molecular weight excluding hydrogens is 212 g/mol. The summed E-state index contributed by atoms with van der Waals surface area (Å²) in [5, 5.41) is 0. The number of hydrogen-bond donors (Lipinski definition) is 0. The fraction of sp³-hybridized carbons (Fsp3) is 0.267. The molecule has 0 aromatic heterocycles. The number of carbonyl (C=O) groups excluding carboxylic acids is 1. The van der Waals surface area contributed by atoms with E-state index in [9.17, 15) is 4.79 Å². The number of allylic oxidation sites excluding steroid dienone is 1. The Balaban J connectivity index is 0. The van der Waals surface area contributed by atoms with Gasteiger partial charge >= 0.3 is 0 Å². The van der Waals surface area contributed by atoms with E-state index in [4.69, 9.17) is 4.74 Å². The standard InChI is InChI=1S/C11H12O2.C2H6.C2H4/c1-3-5-10-9(8-12)6-4-7-11(10)13-2;2*1-2/h3-4,6-8H,1,5H2,2H3;1-2H3;1-2H2. The summed E-state index contributed by atoms with van der Waals surface area (Å²) in [5.41, 5.74) is 1.56. The minimum atomic E-state index is 0.651. The van der Waals surface area contributed by atoms with E-state index in [-0.39, 0.29) is 0 Å². The molecule has 0 N–H and O–H groups in total. The van der Waals surface area contributed by atoms with Crippen LogP contribution in [0.4, 0.5) is 0 Å². The molecule has 0 heterocycles. The summed E-state index contributed by atoms with van der Waals surface area (Å²) in [6.45, 7) is 13.6. The molecule has 0 fully saturated rings. The number of methoxy groups -OCH3 is 1. The highest BCUT2D eigenvalue weighted by atomic mass is 16.5. The van der Waals surface area contributed by atoms with Crippen molar-refractivity contribution >= 4 is 6.29 Å². The summed E-state index contributed by atoms with van der Waals surface area (Å²) in [7, 11) is 1.59. The van der Waals surface area contributed by atoms with Gasteiger partial charge in [-0.1, -0.05) is 32.1 Å². The zero-order chi connectivity index (χ0) is 13.7. The van der Waals surface area contributed by atoms with Gasteiger partial charge in [-0.3, -0.25) is 4.79 Å². The Hall–Kier alpha value is -1.83. The second-order valence-electron chi connectivity index (χ2n) is 2.64. The van der Waals surface area contributed by atoms with Crippen LogP contribution in [0, 0.1) is 0 Å². The molecule has 1 rings (SSSR count). The smallest absolute Gasteiger partial charge is 0.150 e. The minimum Gasteiger partial charge on any atom is -0.496 e. The molecule has 0 spiro atoms. The maximum absolute atomic E-state index is 10.7. The lowest BCUT2D eigenvalue weighted by Crippen LogP contribution is -1.95. The summed E-state index contributed by atoms with van der Waals surface area (Å²) < 4.78 is 5.13. The maximum atomic E-state index is 10.7. The predicted octanol–water partition coefficient (Wildman–Crippen LogP) is 4.06. The fourth-order valence-corrected chi connectivity index (χ4v) is 1.25. The van der Waals surface area contributed by atoms with Gasteiger partial charge in [-0.25, -0.2) is 0 Å². The average Bonchev–Trinajstić information content (AvgIpc) is 2.44. The molecule has 17 heavy (non-hydrogen) atoms. The maximum Gasteiger partial charge on any atom is 0.150 e. The van der Waals surface area contributed by atoms with Crippen molar-refractivity contribution < 1.29 is 9.53 Å². The van der Waals surface area contributed by atoms with Gasteiger partial charge in [-0.15, -0.1) is 19.7 Å². The van der Waals surface area contributed by atoms with Crippen LogP contribution in [0.2, 0.25) is 0 Å². The van der Waals surface area contributed by atoms with Gasteiger partial charge in [0.1, 0.15) is 12.0 Å². The summed E-state index contributed by atoms with van der Waals surface area (Å²) in [5.74, 6) is 0.740. The van der Waals surface area contributed by atoms with Crippen molar-refractivity contribution in [3.8, 4) is 5.75 Å². The normalized spacial score (nSPS) is 7.71. The Kier molecular flexibility index (Phi) is 12.6. The first-order chi connectivity index (χ1) is 8.33. The number of aldehydes is 1. The van der Waals surface area contributed by atoms with E-state index in [2.05, 4.69) is 19.7 Å². The molecule has 0 aliphatic carbocycles. The third-order valence-corrected chi connectivity index (χ3v) is 1.86. The third kappa shape index (κ3) is 5.71. The van der Waals surface area contributed by atoms with Crippen LogP contribution >= 0.6 is 0 Å². The van der Waals surface area contributed by atoms with Crippen LogP contribution in [-0.2, 0) is 6.42 Å². The number of carbonyl (C=O) groups is 1. The number of ether oxygens (including phenoxy) is 1. The monoisotopic (exact) mass is 234 g/mol. The molecule has 2 heteroatoms. The molecule has 0 unspecified atom stereocenters. The lowest BCUT2D eigenvalue weighted by Gasteiger charge is -2.07. The van der Waals surface area contributed by atoms with Gasteiger partial charge in [0, 0.05) is 11.1 Å². The summed E-state index contributed by atoms with van der Waals surface area (Å²) >= 11 is 0. The summed E-state index contributed by atoms with van der Waals surface area (Å²) in [6, 6.07) is 5.41. The first-order valence-corrected chi connectivity index (χ1v) is 5.55. The zero-order valence-electron chi connectivity index (χ0n) is 11.0.